The first-order chi connectivity index (χ1) is 19.5. The van der Waals surface area contributed by atoms with E-state index in [9.17, 15) is 9.59 Å². The molecular formula is C24H33N11O5. The first-order valence-corrected chi connectivity index (χ1v) is 13.6. The summed E-state index contributed by atoms with van der Waals surface area (Å²) in [5, 5.41) is 19.1. The van der Waals surface area contributed by atoms with Gasteiger partial charge < -0.3 is 30.6 Å². The van der Waals surface area contributed by atoms with Gasteiger partial charge in [0.15, 0.2) is 41.5 Å². The van der Waals surface area contributed by atoms with Crippen molar-refractivity contribution in [3.8, 4) is 0 Å². The Bertz CT molecular complexity index is 1330. The summed E-state index contributed by atoms with van der Waals surface area (Å²) in [5.41, 5.74) is 7.12. The van der Waals surface area contributed by atoms with Crippen molar-refractivity contribution in [3.63, 3.8) is 0 Å². The molecule has 0 unspecified atom stereocenters. The van der Waals surface area contributed by atoms with Crippen LogP contribution in [0.15, 0.2) is 6.33 Å². The van der Waals surface area contributed by atoms with E-state index in [1.807, 2.05) is 0 Å². The Morgan fingerprint density at radius 2 is 1.73 bits per heavy atom. The van der Waals surface area contributed by atoms with E-state index in [1.54, 1.807) is 17.9 Å². The number of carbonyl (C=O) groups excluding carboxylic acids is 2. The van der Waals surface area contributed by atoms with Crippen LogP contribution >= 0.6 is 0 Å². The maximum atomic E-state index is 11.5. The van der Waals surface area contributed by atoms with Gasteiger partial charge in [0.05, 0.1) is 13.4 Å². The van der Waals surface area contributed by atoms with Gasteiger partial charge in [-0.1, -0.05) is 12.8 Å². The second-order valence-corrected chi connectivity index (χ2v) is 10.6. The third-order valence-electron chi connectivity index (χ3n) is 7.89. The normalized spacial score (nSPS) is 28.9. The monoisotopic (exact) mass is 555 g/mol. The highest BCUT2D eigenvalue weighted by Gasteiger charge is 2.52. The highest BCUT2D eigenvalue weighted by Crippen LogP contribution is 2.42. The van der Waals surface area contributed by atoms with E-state index < -0.39 is 24.5 Å². The number of carbonyl (C=O) groups is 2. The van der Waals surface area contributed by atoms with Gasteiger partial charge in [-0.2, -0.15) is 14.8 Å². The fourth-order valence-corrected chi connectivity index (χ4v) is 5.88. The number of hydrogen-bond acceptors (Lipinski definition) is 14. The number of anilines is 2. The first kappa shape index (κ1) is 26.3. The van der Waals surface area contributed by atoms with Gasteiger partial charge in [0.2, 0.25) is 11.8 Å². The molecule has 0 radical (unpaired) electrons. The van der Waals surface area contributed by atoms with Gasteiger partial charge in [-0.15, -0.1) is 10.2 Å². The van der Waals surface area contributed by atoms with Gasteiger partial charge >= 0.3 is 0 Å². The predicted octanol–water partition coefficient (Wildman–Crippen LogP) is 0.739. The lowest BCUT2D eigenvalue weighted by molar-refractivity contribution is -0.151. The van der Waals surface area contributed by atoms with Crippen molar-refractivity contribution in [1.29, 1.82) is 0 Å². The van der Waals surface area contributed by atoms with Crippen molar-refractivity contribution < 1.29 is 23.8 Å². The van der Waals surface area contributed by atoms with Crippen molar-refractivity contribution in [1.82, 2.24) is 39.7 Å². The van der Waals surface area contributed by atoms with Crippen LogP contribution in [0.4, 0.5) is 11.8 Å². The fraction of sp³-hybridized carbons (Fsp3) is 0.667. The summed E-state index contributed by atoms with van der Waals surface area (Å²) in [6.07, 6.45) is 5.70. The molecular weight excluding hydrogens is 522 g/mol. The summed E-state index contributed by atoms with van der Waals surface area (Å²) in [7, 11) is 1.60. The Balaban J connectivity index is 1.38. The van der Waals surface area contributed by atoms with Crippen LogP contribution in [0.25, 0.3) is 11.2 Å². The van der Waals surface area contributed by atoms with Crippen LogP contribution in [0.2, 0.25) is 0 Å². The Morgan fingerprint density at radius 1 is 1.00 bits per heavy atom. The van der Waals surface area contributed by atoms with Crippen LogP contribution in [0.3, 0.4) is 0 Å². The topological polar surface area (TPSA) is 199 Å². The van der Waals surface area contributed by atoms with Gasteiger partial charge in [0, 0.05) is 18.1 Å². The van der Waals surface area contributed by atoms with Crippen LogP contribution in [-0.2, 0) is 30.8 Å². The quantitative estimate of drug-likeness (QED) is 0.296. The van der Waals surface area contributed by atoms with Crippen molar-refractivity contribution in [3.05, 3.63) is 12.2 Å². The smallest absolute Gasteiger partial charge is 0.293 e. The molecule has 3 aromatic rings. The molecule has 0 spiro atoms. The van der Waals surface area contributed by atoms with Crippen molar-refractivity contribution >= 4 is 35.9 Å². The molecule has 3 aliphatic rings. The number of tetrazole rings is 1. The molecule has 214 valence electrons. The van der Waals surface area contributed by atoms with Crippen LogP contribution < -0.4 is 16.4 Å². The summed E-state index contributed by atoms with van der Waals surface area (Å²) < 4.78 is 18.7. The number of nitrogens with zero attached hydrogens (tertiary/aromatic N) is 8. The number of ether oxygens (including phenoxy) is 3. The average molecular weight is 556 g/mol. The number of imidazole rings is 1. The molecule has 4 heterocycles. The summed E-state index contributed by atoms with van der Waals surface area (Å²) in [5.74, 6) is 1.25. The molecule has 40 heavy (non-hydrogen) atoms. The molecule has 4 atom stereocenters. The molecule has 0 amide bonds. The SMILES string of the molecule is Cn1nnc([C@H]2O[C@@H](n3cnc4c(NC5CCCC5)nc(NC5CCC(N)CC5)nc43)[C@H](OC=O)[C@H]2OC=O)n1. The second kappa shape index (κ2) is 11.3. The number of aryl methyl sites for hydroxylation is 1. The predicted molar refractivity (Wildman–Crippen MR) is 139 cm³/mol. The van der Waals surface area contributed by atoms with Crippen molar-refractivity contribution in [2.45, 2.75) is 94.0 Å². The van der Waals surface area contributed by atoms with E-state index >= 15 is 0 Å². The minimum absolute atomic E-state index is 0.178. The number of rotatable bonds is 10. The average Bonchev–Trinajstić information content (AvgIpc) is 3.74. The van der Waals surface area contributed by atoms with E-state index in [1.165, 1.54) is 4.80 Å². The second-order valence-electron chi connectivity index (χ2n) is 10.6. The lowest BCUT2D eigenvalue weighted by Gasteiger charge is -2.27. The molecule has 16 nitrogen and oxygen atoms in total. The number of nitrogens with one attached hydrogen (secondary N) is 2. The maximum Gasteiger partial charge on any atom is 0.293 e. The summed E-state index contributed by atoms with van der Waals surface area (Å²) in [6, 6.07) is 0.699. The van der Waals surface area contributed by atoms with Gasteiger partial charge in [0.1, 0.15) is 0 Å². The highest BCUT2D eigenvalue weighted by atomic mass is 16.6. The molecule has 6 rings (SSSR count). The van der Waals surface area contributed by atoms with Crippen LogP contribution in [0.5, 0.6) is 0 Å². The molecule has 1 aliphatic heterocycles. The van der Waals surface area contributed by atoms with E-state index in [2.05, 4.69) is 31.0 Å². The molecule has 0 bridgehead atoms. The molecule has 4 N–H and O–H groups in total. The number of fused-ring (bicyclic) bond motifs is 1. The molecule has 2 aliphatic carbocycles. The Morgan fingerprint density at radius 3 is 2.42 bits per heavy atom. The summed E-state index contributed by atoms with van der Waals surface area (Å²) in [6.45, 7) is 0.563. The fourth-order valence-electron chi connectivity index (χ4n) is 5.88. The van der Waals surface area contributed by atoms with E-state index in [-0.39, 0.29) is 36.9 Å². The number of aromatic nitrogens is 8. The molecule has 16 heteroatoms. The van der Waals surface area contributed by atoms with Crippen LogP contribution in [-0.4, -0.2) is 83.0 Å². The Hall–Kier alpha value is -3.92. The number of nitrogens with two attached hydrogens (primary N) is 1. The zero-order valence-electron chi connectivity index (χ0n) is 22.1. The van der Waals surface area contributed by atoms with Crippen LogP contribution in [0.1, 0.15) is 69.5 Å². The van der Waals surface area contributed by atoms with E-state index in [0.717, 1.165) is 51.4 Å². The third kappa shape index (κ3) is 5.15. The van der Waals surface area contributed by atoms with Gasteiger partial charge in [0.25, 0.3) is 12.9 Å². The first-order valence-electron chi connectivity index (χ1n) is 13.6. The van der Waals surface area contributed by atoms with E-state index in [4.69, 9.17) is 29.9 Å². The molecule has 2 saturated carbocycles. The largest absolute Gasteiger partial charge is 0.457 e. The lowest BCUT2D eigenvalue weighted by atomic mass is 9.92. The highest BCUT2D eigenvalue weighted by molar-refractivity contribution is 5.84. The summed E-state index contributed by atoms with van der Waals surface area (Å²) in [4.78, 5) is 38.5. The minimum Gasteiger partial charge on any atom is -0.457 e. The zero-order valence-corrected chi connectivity index (χ0v) is 22.1. The Labute approximate surface area is 229 Å². The minimum atomic E-state index is -1.04. The molecule has 0 aromatic carbocycles. The maximum absolute atomic E-state index is 11.5. The van der Waals surface area contributed by atoms with Gasteiger partial charge in [-0.3, -0.25) is 14.2 Å². The molecule has 3 aromatic heterocycles. The van der Waals surface area contributed by atoms with Crippen molar-refractivity contribution in [2.24, 2.45) is 12.8 Å². The van der Waals surface area contributed by atoms with E-state index in [0.29, 0.717) is 22.9 Å². The lowest BCUT2D eigenvalue weighted by Crippen LogP contribution is -2.34. The summed E-state index contributed by atoms with van der Waals surface area (Å²) >= 11 is 0. The van der Waals surface area contributed by atoms with Gasteiger partial charge in [-0.05, 0) is 43.7 Å². The number of hydrogen-bond donors (Lipinski definition) is 3. The van der Waals surface area contributed by atoms with Crippen molar-refractivity contribution in [2.75, 3.05) is 10.6 Å². The standard InChI is InChI=1S/C24H33N11O5/c1-34-32-21(31-33-34)18-17(38-11-36)19(39-12-37)23(40-18)35-10-26-16-20(27-14-4-2-3-5-14)29-24(30-22(16)35)28-15-8-6-13(25)7-9-15/h10-15,17-19,23H,2-9,25H2,1H3,(H2,27,28,29,30)/t13?,15?,17-,18-,19+,23+/m0/s1. The zero-order chi connectivity index (χ0) is 27.6. The Kier molecular flexibility index (Phi) is 7.42. The molecule has 3 fully saturated rings. The van der Waals surface area contributed by atoms with Crippen LogP contribution in [0, 0.1) is 0 Å². The molecule has 1 saturated heterocycles. The van der Waals surface area contributed by atoms with Gasteiger partial charge in [-0.25, -0.2) is 4.98 Å². The third-order valence-corrected chi connectivity index (χ3v) is 7.89.